The fraction of sp³-hybridized carbons (Fsp3) is 0.219. The van der Waals surface area contributed by atoms with E-state index < -0.39 is 30.6 Å². The number of amides is 2. The Morgan fingerprint density at radius 3 is 2.19 bits per heavy atom. The molecule has 0 saturated heterocycles. The van der Waals surface area contributed by atoms with Crippen molar-refractivity contribution in [3.63, 3.8) is 0 Å². The fourth-order valence-electron chi connectivity index (χ4n) is 4.58. The number of aryl methyl sites for hydroxylation is 1. The van der Waals surface area contributed by atoms with Crippen molar-refractivity contribution in [2.45, 2.75) is 38.4 Å². The predicted octanol–water partition coefficient (Wildman–Crippen LogP) is 5.95. The van der Waals surface area contributed by atoms with Gasteiger partial charge in [0.05, 0.1) is 16.4 Å². The van der Waals surface area contributed by atoms with Gasteiger partial charge in [0.1, 0.15) is 11.4 Å². The van der Waals surface area contributed by atoms with E-state index in [2.05, 4.69) is 4.98 Å². The van der Waals surface area contributed by atoms with Crippen molar-refractivity contribution in [3.8, 4) is 11.3 Å². The van der Waals surface area contributed by atoms with Gasteiger partial charge in [0.15, 0.2) is 0 Å². The SMILES string of the molecule is NC(=O)c1sc2c(c1-c1ccccn1)CCCC2.NCc1cccc(C(=O)N(CC(=O)O)c2ccccc2Cl)c1.O=C(O)C(F)(F)F. The molecule has 0 fully saturated rings. The number of thiophene rings is 1. The highest BCUT2D eigenvalue weighted by molar-refractivity contribution is 7.14. The zero-order valence-electron chi connectivity index (χ0n) is 24.7. The van der Waals surface area contributed by atoms with E-state index in [1.54, 1.807) is 66.1 Å². The number of halogens is 4. The van der Waals surface area contributed by atoms with E-state index in [-0.39, 0.29) is 5.91 Å². The first-order valence-corrected chi connectivity index (χ1v) is 15.2. The molecule has 6 N–H and O–H groups in total. The molecule has 4 aromatic rings. The van der Waals surface area contributed by atoms with Gasteiger partial charge in [-0.2, -0.15) is 13.2 Å². The van der Waals surface area contributed by atoms with Crippen LogP contribution < -0.4 is 16.4 Å². The van der Waals surface area contributed by atoms with Crippen LogP contribution in [-0.4, -0.2) is 51.7 Å². The molecule has 2 aromatic carbocycles. The van der Waals surface area contributed by atoms with Crippen LogP contribution in [0.4, 0.5) is 18.9 Å². The summed E-state index contributed by atoms with van der Waals surface area (Å²) in [6.45, 7) is -0.179. The number of fused-ring (bicyclic) bond motifs is 1. The Morgan fingerprint density at radius 2 is 1.62 bits per heavy atom. The van der Waals surface area contributed by atoms with Crippen LogP contribution >= 0.6 is 22.9 Å². The molecule has 0 saturated carbocycles. The second-order valence-corrected chi connectivity index (χ2v) is 11.5. The number of rotatable bonds is 7. The van der Waals surface area contributed by atoms with E-state index in [4.69, 9.17) is 38.1 Å². The normalized spacial score (nSPS) is 11.9. The third-order valence-corrected chi connectivity index (χ3v) is 8.28. The molecule has 0 aliphatic heterocycles. The number of anilines is 1. The highest BCUT2D eigenvalue weighted by Gasteiger charge is 2.38. The van der Waals surface area contributed by atoms with Crippen molar-refractivity contribution in [2.75, 3.05) is 11.4 Å². The van der Waals surface area contributed by atoms with E-state index in [1.165, 1.54) is 23.3 Å². The van der Waals surface area contributed by atoms with Crippen molar-refractivity contribution in [1.82, 2.24) is 4.98 Å². The Balaban J connectivity index is 0.000000216. The Hall–Kier alpha value is -4.79. The number of carbonyl (C=O) groups excluding carboxylic acids is 2. The van der Waals surface area contributed by atoms with E-state index in [0.717, 1.165) is 34.6 Å². The van der Waals surface area contributed by atoms with E-state index in [9.17, 15) is 27.6 Å². The van der Waals surface area contributed by atoms with Crippen LogP contribution in [0.3, 0.4) is 0 Å². The van der Waals surface area contributed by atoms with Gasteiger partial charge in [-0.25, -0.2) is 4.79 Å². The van der Waals surface area contributed by atoms with Crippen molar-refractivity contribution in [3.05, 3.63) is 104 Å². The lowest BCUT2D eigenvalue weighted by molar-refractivity contribution is -0.192. The number of aliphatic carboxylic acids is 2. The van der Waals surface area contributed by atoms with E-state index in [1.807, 2.05) is 18.2 Å². The molecular weight excluding hydrogens is 661 g/mol. The summed E-state index contributed by atoms with van der Waals surface area (Å²) in [6.07, 6.45) is 1.15. The third kappa shape index (κ3) is 10.1. The van der Waals surface area contributed by atoms with Crippen molar-refractivity contribution < 1.29 is 42.6 Å². The van der Waals surface area contributed by atoms with E-state index >= 15 is 0 Å². The molecule has 0 radical (unpaired) electrons. The standard InChI is InChI=1S/C16H15ClN2O3.C14H14N2OS.C2HF3O2/c17-13-6-1-2-7-14(13)19(10-15(20)21)16(22)12-5-3-4-11(8-12)9-18;15-14(17)13-12(10-6-3-4-8-16-10)9-5-1-2-7-11(9)18-13;3-2(4,5)1(6)7/h1-8H,9-10,18H2,(H,20,21);3-4,6,8H,1-2,5,7H2,(H2,15,17);(H,6,7). The van der Waals surface area contributed by atoms with Gasteiger partial charge < -0.3 is 21.7 Å². The van der Waals surface area contributed by atoms with Crippen LogP contribution in [0.25, 0.3) is 11.3 Å². The third-order valence-electron chi connectivity index (χ3n) is 6.65. The topological polar surface area (TPSA) is 177 Å². The maximum atomic E-state index is 12.7. The number of primary amides is 1. The van der Waals surface area contributed by atoms with Gasteiger partial charge in [0.25, 0.3) is 11.8 Å². The first kappa shape index (κ1) is 36.7. The monoisotopic (exact) mass is 690 g/mol. The Bertz CT molecular complexity index is 1730. The molecule has 0 spiro atoms. The fourth-order valence-corrected chi connectivity index (χ4v) is 6.07. The predicted molar refractivity (Wildman–Crippen MR) is 171 cm³/mol. The molecular formula is C32H30ClF3N4O6S. The summed E-state index contributed by atoms with van der Waals surface area (Å²) in [6, 6.07) is 19.2. The maximum Gasteiger partial charge on any atom is 0.490 e. The zero-order chi connectivity index (χ0) is 34.7. The Morgan fingerprint density at radius 1 is 0.957 bits per heavy atom. The van der Waals surface area contributed by atoms with Crippen molar-refractivity contribution in [2.24, 2.45) is 11.5 Å². The quantitative estimate of drug-likeness (QED) is 0.184. The molecule has 2 amide bonds. The summed E-state index contributed by atoms with van der Waals surface area (Å²) < 4.78 is 31.7. The number of nitrogens with zero attached hydrogens (tertiary/aromatic N) is 2. The minimum Gasteiger partial charge on any atom is -0.480 e. The minimum absolute atomic E-state index is 0.298. The molecule has 15 heteroatoms. The number of nitrogens with two attached hydrogens (primary N) is 2. The highest BCUT2D eigenvalue weighted by atomic mass is 35.5. The highest BCUT2D eigenvalue weighted by Crippen LogP contribution is 2.39. The summed E-state index contributed by atoms with van der Waals surface area (Å²) in [5, 5.41) is 16.5. The molecule has 47 heavy (non-hydrogen) atoms. The smallest absolute Gasteiger partial charge is 0.480 e. The summed E-state index contributed by atoms with van der Waals surface area (Å²) in [5.74, 6) is -4.66. The Labute approximate surface area is 276 Å². The van der Waals surface area contributed by atoms with Crippen LogP contribution in [0.15, 0.2) is 72.9 Å². The summed E-state index contributed by atoms with van der Waals surface area (Å²) in [5.41, 5.74) is 15.7. The average Bonchev–Trinajstić information content (AvgIpc) is 3.44. The number of carboxylic acids is 2. The van der Waals surface area contributed by atoms with Crippen LogP contribution in [0, 0.1) is 0 Å². The maximum absolute atomic E-state index is 12.7. The number of hydrogen-bond acceptors (Lipinski definition) is 7. The summed E-state index contributed by atoms with van der Waals surface area (Å²) >= 11 is 7.64. The molecule has 0 unspecified atom stereocenters. The van der Waals surface area contributed by atoms with Gasteiger partial charge in [-0.15, -0.1) is 11.3 Å². The molecule has 0 bridgehead atoms. The number of hydrogen-bond donors (Lipinski definition) is 4. The van der Waals surface area contributed by atoms with Crippen molar-refractivity contribution in [1.29, 1.82) is 0 Å². The number of alkyl halides is 3. The summed E-state index contributed by atoms with van der Waals surface area (Å²) in [4.78, 5) is 51.8. The Kier molecular flexibility index (Phi) is 13.0. The second-order valence-electron chi connectivity index (χ2n) is 9.94. The first-order valence-electron chi connectivity index (χ1n) is 14.0. The zero-order valence-corrected chi connectivity index (χ0v) is 26.2. The number of carboxylic acid groups (broad SMARTS) is 2. The minimum atomic E-state index is -5.08. The largest absolute Gasteiger partial charge is 0.490 e. The number of para-hydroxylation sites is 1. The average molecular weight is 691 g/mol. The van der Waals surface area contributed by atoms with Gasteiger partial charge in [-0.1, -0.05) is 41.9 Å². The lowest BCUT2D eigenvalue weighted by atomic mass is 9.93. The van der Waals surface area contributed by atoms with Gasteiger partial charge in [0, 0.05) is 28.7 Å². The van der Waals surface area contributed by atoms with Gasteiger partial charge in [-0.05, 0) is 73.2 Å². The molecule has 248 valence electrons. The lowest BCUT2D eigenvalue weighted by Gasteiger charge is -2.22. The van der Waals surface area contributed by atoms with Gasteiger partial charge >= 0.3 is 18.1 Å². The number of benzene rings is 2. The van der Waals surface area contributed by atoms with Crippen LogP contribution in [0.5, 0.6) is 0 Å². The second kappa shape index (κ2) is 16.7. The molecule has 2 heterocycles. The van der Waals surface area contributed by atoms with Crippen LogP contribution in [0.1, 0.15) is 48.9 Å². The molecule has 2 aromatic heterocycles. The summed E-state index contributed by atoms with van der Waals surface area (Å²) in [7, 11) is 0. The number of aromatic nitrogens is 1. The number of carbonyl (C=O) groups is 4. The van der Waals surface area contributed by atoms with Gasteiger partial charge in [0.2, 0.25) is 0 Å². The molecule has 5 rings (SSSR count). The molecule has 1 aliphatic carbocycles. The van der Waals surface area contributed by atoms with Crippen LogP contribution in [-0.2, 0) is 29.0 Å². The van der Waals surface area contributed by atoms with E-state index in [0.29, 0.717) is 27.7 Å². The lowest BCUT2D eigenvalue weighted by Crippen LogP contribution is -2.36. The van der Waals surface area contributed by atoms with Crippen LogP contribution in [0.2, 0.25) is 5.02 Å². The van der Waals surface area contributed by atoms with Crippen molar-refractivity contribution >= 4 is 52.4 Å². The number of pyridine rings is 1. The molecule has 0 atom stereocenters. The first-order chi connectivity index (χ1) is 22.2. The molecule has 10 nitrogen and oxygen atoms in total. The molecule has 1 aliphatic rings. The van der Waals surface area contributed by atoms with Gasteiger partial charge in [-0.3, -0.25) is 24.3 Å².